The van der Waals surface area contributed by atoms with Gasteiger partial charge in [0.2, 0.25) is 5.91 Å². The third-order valence-corrected chi connectivity index (χ3v) is 3.17. The maximum atomic E-state index is 12.1. The molecule has 0 aromatic carbocycles. The van der Waals surface area contributed by atoms with Crippen molar-refractivity contribution in [1.29, 1.82) is 0 Å². The Morgan fingerprint density at radius 3 is 2.50 bits per heavy atom. The fourth-order valence-corrected chi connectivity index (χ4v) is 2.19. The van der Waals surface area contributed by atoms with Crippen LogP contribution in [0.1, 0.15) is 39.5 Å². The van der Waals surface area contributed by atoms with Gasteiger partial charge in [-0.3, -0.25) is 4.79 Å². The molecule has 0 unspecified atom stereocenters. The van der Waals surface area contributed by atoms with E-state index in [1.807, 2.05) is 6.92 Å². The van der Waals surface area contributed by atoms with Gasteiger partial charge in [-0.25, -0.2) is 0 Å². The lowest BCUT2D eigenvalue weighted by atomic mass is 9.87. The number of nitrogens with zero attached hydrogens (tertiary/aromatic N) is 1. The van der Waals surface area contributed by atoms with Crippen LogP contribution in [0.3, 0.4) is 0 Å². The molecule has 0 atom stereocenters. The summed E-state index contributed by atoms with van der Waals surface area (Å²) in [7, 11) is 0. The fraction of sp³-hybridized carbons (Fsp3) is 0.750. The quantitative estimate of drug-likeness (QED) is 0.628. The smallest absolute Gasteiger partial charge is 0.229 e. The van der Waals surface area contributed by atoms with Crippen LogP contribution in [0.4, 0.5) is 0 Å². The molecule has 1 saturated carbocycles. The Bertz CT molecular complexity index is 246. The average molecular weight is 193 g/mol. The molecule has 0 radical (unpaired) electrons. The first-order chi connectivity index (χ1) is 6.64. The fourth-order valence-electron chi connectivity index (χ4n) is 2.19. The molecule has 1 rings (SSSR count). The van der Waals surface area contributed by atoms with Crippen LogP contribution in [-0.2, 0) is 4.79 Å². The summed E-state index contributed by atoms with van der Waals surface area (Å²) in [6, 6.07) is 0. The van der Waals surface area contributed by atoms with Gasteiger partial charge < -0.3 is 4.90 Å². The van der Waals surface area contributed by atoms with E-state index in [1.165, 1.54) is 12.8 Å². The maximum Gasteiger partial charge on any atom is 0.229 e. The summed E-state index contributed by atoms with van der Waals surface area (Å²) >= 11 is 0. The highest BCUT2D eigenvalue weighted by Gasteiger charge is 2.38. The third kappa shape index (κ3) is 2.09. The molecule has 78 valence electrons. The van der Waals surface area contributed by atoms with Crippen LogP contribution in [0.25, 0.3) is 0 Å². The zero-order valence-corrected chi connectivity index (χ0v) is 9.18. The minimum Gasteiger partial charge on any atom is -0.331 e. The van der Waals surface area contributed by atoms with Gasteiger partial charge in [-0.15, -0.1) is 6.42 Å². The van der Waals surface area contributed by atoms with Crippen LogP contribution in [-0.4, -0.2) is 23.9 Å². The molecule has 1 amide bonds. The zero-order chi connectivity index (χ0) is 10.6. The molecule has 0 spiro atoms. The van der Waals surface area contributed by atoms with E-state index in [1.54, 1.807) is 4.90 Å². The van der Waals surface area contributed by atoms with Crippen LogP contribution >= 0.6 is 0 Å². The summed E-state index contributed by atoms with van der Waals surface area (Å²) in [6.45, 7) is 5.22. The molecule has 14 heavy (non-hydrogen) atoms. The van der Waals surface area contributed by atoms with E-state index in [-0.39, 0.29) is 11.3 Å². The molecule has 0 saturated heterocycles. The highest BCUT2D eigenvalue weighted by Crippen LogP contribution is 2.38. The summed E-state index contributed by atoms with van der Waals surface area (Å²) < 4.78 is 0. The second-order valence-electron chi connectivity index (χ2n) is 4.29. The maximum absolute atomic E-state index is 12.1. The summed E-state index contributed by atoms with van der Waals surface area (Å²) in [5.74, 6) is 2.79. The summed E-state index contributed by atoms with van der Waals surface area (Å²) in [6.07, 6.45) is 9.64. The number of hydrogen-bond donors (Lipinski definition) is 0. The van der Waals surface area contributed by atoms with Gasteiger partial charge in [-0.2, -0.15) is 0 Å². The summed E-state index contributed by atoms with van der Waals surface area (Å²) in [5, 5.41) is 0. The molecule has 2 nitrogen and oxygen atoms in total. The molecule has 1 aliphatic carbocycles. The monoisotopic (exact) mass is 193 g/mol. The van der Waals surface area contributed by atoms with E-state index in [0.29, 0.717) is 6.54 Å². The minimum absolute atomic E-state index is 0.132. The second kappa shape index (κ2) is 4.50. The second-order valence-corrected chi connectivity index (χ2v) is 4.29. The predicted molar refractivity (Wildman–Crippen MR) is 57.7 cm³/mol. The van der Waals surface area contributed by atoms with E-state index in [9.17, 15) is 4.79 Å². The SMILES string of the molecule is C#CCN(CC)C(=O)C1(C)CCCC1. The Kier molecular flexibility index (Phi) is 3.57. The third-order valence-electron chi connectivity index (χ3n) is 3.17. The molecular weight excluding hydrogens is 174 g/mol. The van der Waals surface area contributed by atoms with Crippen molar-refractivity contribution in [2.24, 2.45) is 5.41 Å². The van der Waals surface area contributed by atoms with Crippen molar-refractivity contribution in [1.82, 2.24) is 4.90 Å². The number of terminal acetylenes is 1. The van der Waals surface area contributed by atoms with Gasteiger partial charge in [0, 0.05) is 12.0 Å². The number of amides is 1. The molecule has 2 heteroatoms. The largest absolute Gasteiger partial charge is 0.331 e. The van der Waals surface area contributed by atoms with Gasteiger partial charge in [0.1, 0.15) is 0 Å². The standard InChI is InChI=1S/C12H19NO/c1-4-10-13(5-2)11(14)12(3)8-6-7-9-12/h1H,5-10H2,2-3H3. The van der Waals surface area contributed by atoms with E-state index in [4.69, 9.17) is 6.42 Å². The van der Waals surface area contributed by atoms with Gasteiger partial charge in [-0.1, -0.05) is 25.7 Å². The topological polar surface area (TPSA) is 20.3 Å². The number of rotatable bonds is 3. The van der Waals surface area contributed by atoms with Crippen molar-refractivity contribution in [3.8, 4) is 12.3 Å². The van der Waals surface area contributed by atoms with E-state index in [0.717, 1.165) is 19.4 Å². The minimum atomic E-state index is -0.132. The van der Waals surface area contributed by atoms with Crippen LogP contribution < -0.4 is 0 Å². The number of carbonyl (C=O) groups is 1. The Morgan fingerprint density at radius 2 is 2.07 bits per heavy atom. The first-order valence-corrected chi connectivity index (χ1v) is 5.37. The van der Waals surface area contributed by atoms with E-state index < -0.39 is 0 Å². The van der Waals surface area contributed by atoms with E-state index >= 15 is 0 Å². The predicted octanol–water partition coefficient (Wildman–Crippen LogP) is 2.05. The molecule has 0 heterocycles. The lowest BCUT2D eigenvalue weighted by molar-refractivity contribution is -0.140. The lowest BCUT2D eigenvalue weighted by Gasteiger charge is -2.29. The van der Waals surface area contributed by atoms with Gasteiger partial charge >= 0.3 is 0 Å². The van der Waals surface area contributed by atoms with Crippen molar-refractivity contribution in [2.45, 2.75) is 39.5 Å². The first kappa shape index (κ1) is 11.1. The van der Waals surface area contributed by atoms with Crippen LogP contribution in [0.2, 0.25) is 0 Å². The zero-order valence-electron chi connectivity index (χ0n) is 9.18. The summed E-state index contributed by atoms with van der Waals surface area (Å²) in [4.78, 5) is 13.9. The van der Waals surface area contributed by atoms with Gasteiger partial charge in [0.05, 0.1) is 6.54 Å². The molecule has 1 aliphatic rings. The van der Waals surface area contributed by atoms with Crippen molar-refractivity contribution < 1.29 is 4.79 Å². The molecule has 0 aliphatic heterocycles. The highest BCUT2D eigenvalue weighted by molar-refractivity contribution is 5.82. The Morgan fingerprint density at radius 1 is 1.50 bits per heavy atom. The van der Waals surface area contributed by atoms with E-state index in [2.05, 4.69) is 12.8 Å². The van der Waals surface area contributed by atoms with Crippen LogP contribution in [0.15, 0.2) is 0 Å². The van der Waals surface area contributed by atoms with Crippen molar-refractivity contribution >= 4 is 5.91 Å². The highest BCUT2D eigenvalue weighted by atomic mass is 16.2. The van der Waals surface area contributed by atoms with Crippen molar-refractivity contribution in [3.05, 3.63) is 0 Å². The average Bonchev–Trinajstić information content (AvgIpc) is 2.62. The van der Waals surface area contributed by atoms with Crippen molar-refractivity contribution in [3.63, 3.8) is 0 Å². The molecule has 0 N–H and O–H groups in total. The lowest BCUT2D eigenvalue weighted by Crippen LogP contribution is -2.41. The van der Waals surface area contributed by atoms with Crippen molar-refractivity contribution in [2.75, 3.05) is 13.1 Å². The Labute approximate surface area is 86.7 Å². The molecule has 0 aromatic rings. The molecule has 0 bridgehead atoms. The van der Waals surface area contributed by atoms with Gasteiger partial charge in [0.25, 0.3) is 0 Å². The number of hydrogen-bond acceptors (Lipinski definition) is 1. The summed E-state index contributed by atoms with van der Waals surface area (Å²) in [5.41, 5.74) is -0.132. The van der Waals surface area contributed by atoms with Gasteiger partial charge in [0.15, 0.2) is 0 Å². The molecular formula is C12H19NO. The van der Waals surface area contributed by atoms with Gasteiger partial charge in [-0.05, 0) is 19.8 Å². The number of carbonyl (C=O) groups excluding carboxylic acids is 1. The Hall–Kier alpha value is -0.970. The molecule has 1 fully saturated rings. The van der Waals surface area contributed by atoms with Crippen LogP contribution in [0, 0.1) is 17.8 Å². The normalized spacial score (nSPS) is 18.9. The Balaban J connectivity index is 2.67. The molecule has 0 aromatic heterocycles. The van der Waals surface area contributed by atoms with Crippen LogP contribution in [0.5, 0.6) is 0 Å². The first-order valence-electron chi connectivity index (χ1n) is 5.37.